The number of nitrogens with zero attached hydrogens (tertiary/aromatic N) is 3. The number of imide groups is 1. The zero-order valence-corrected chi connectivity index (χ0v) is 14.7. The van der Waals surface area contributed by atoms with Crippen LogP contribution in [-0.2, 0) is 9.59 Å². The molecule has 7 heteroatoms. The molecule has 1 saturated carbocycles. The number of halogens is 1. The van der Waals surface area contributed by atoms with E-state index in [0.717, 1.165) is 17.0 Å². The van der Waals surface area contributed by atoms with E-state index < -0.39 is 0 Å². The van der Waals surface area contributed by atoms with E-state index in [2.05, 4.69) is 33.2 Å². The number of carbonyl (C=O) groups is 2. The summed E-state index contributed by atoms with van der Waals surface area (Å²) in [6.07, 6.45) is 6.51. The molecule has 1 aromatic carbocycles. The summed E-state index contributed by atoms with van der Waals surface area (Å²) in [6, 6.07) is 7.11. The van der Waals surface area contributed by atoms with E-state index in [1.54, 1.807) is 18.2 Å². The van der Waals surface area contributed by atoms with Crippen LogP contribution in [0.5, 0.6) is 5.75 Å². The molecule has 4 rings (SSSR count). The molecular weight excluding hydrogens is 386 g/mol. The third-order valence-corrected chi connectivity index (χ3v) is 5.64. The van der Waals surface area contributed by atoms with Crippen LogP contribution in [0.15, 0.2) is 39.9 Å². The maximum atomic E-state index is 12.5. The number of carbonyl (C=O) groups excluding carboxylic acids is 2. The number of hydrogen-bond acceptors (Lipinski definition) is 5. The second-order valence-corrected chi connectivity index (χ2v) is 7.22. The summed E-state index contributed by atoms with van der Waals surface area (Å²) in [5, 5.41) is 13.7. The maximum absolute atomic E-state index is 12.5. The van der Waals surface area contributed by atoms with Gasteiger partial charge < -0.3 is 4.74 Å². The Morgan fingerprint density at radius 3 is 2.56 bits per heavy atom. The first-order valence-electron chi connectivity index (χ1n) is 7.99. The van der Waals surface area contributed by atoms with Crippen LogP contribution in [-0.4, -0.2) is 29.6 Å². The monoisotopic (exact) mass is 399 g/mol. The lowest BCUT2D eigenvalue weighted by molar-refractivity contribution is -0.140. The molecule has 1 saturated heterocycles. The van der Waals surface area contributed by atoms with Gasteiger partial charge in [-0.05, 0) is 57.9 Å². The van der Waals surface area contributed by atoms with Gasteiger partial charge in [0.2, 0.25) is 0 Å². The van der Waals surface area contributed by atoms with Gasteiger partial charge in [-0.3, -0.25) is 9.59 Å². The molecule has 1 aliphatic heterocycles. The molecule has 2 bridgehead atoms. The quantitative estimate of drug-likeness (QED) is 0.442. The Morgan fingerprint density at radius 2 is 1.96 bits per heavy atom. The van der Waals surface area contributed by atoms with Gasteiger partial charge in [-0.2, -0.15) is 15.4 Å². The first kappa shape index (κ1) is 16.0. The zero-order chi connectivity index (χ0) is 17.6. The van der Waals surface area contributed by atoms with Crippen molar-refractivity contribution in [3.8, 4) is 11.8 Å². The number of hydrazone groups is 1. The molecule has 25 heavy (non-hydrogen) atoms. The van der Waals surface area contributed by atoms with Crippen molar-refractivity contribution in [2.75, 3.05) is 6.61 Å². The van der Waals surface area contributed by atoms with E-state index in [0.29, 0.717) is 10.2 Å². The van der Waals surface area contributed by atoms with Gasteiger partial charge in [0.25, 0.3) is 11.8 Å². The van der Waals surface area contributed by atoms with E-state index >= 15 is 0 Å². The average molecular weight is 400 g/mol. The van der Waals surface area contributed by atoms with Crippen LogP contribution in [0, 0.1) is 35.0 Å². The lowest BCUT2D eigenvalue weighted by atomic mass is 9.85. The Kier molecular flexibility index (Phi) is 3.92. The molecule has 3 aliphatic rings. The predicted molar refractivity (Wildman–Crippen MR) is 92.4 cm³/mol. The molecule has 0 aromatic heterocycles. The number of ether oxygens (including phenoxy) is 1. The van der Waals surface area contributed by atoms with Gasteiger partial charge in [0.05, 0.1) is 22.5 Å². The molecule has 0 N–H and O–H groups in total. The standard InChI is InChI=1S/C18H14BrN3O3/c19-13-7-10(1-4-14(13)25-6-5-20)9-21-22-17(23)15-11-2-3-12(8-11)16(15)18(22)24/h1-4,7,9,11-12,15-16H,6,8H2. The minimum absolute atomic E-state index is 0.0397. The van der Waals surface area contributed by atoms with Gasteiger partial charge in [0.1, 0.15) is 11.8 Å². The molecule has 6 nitrogen and oxygen atoms in total. The maximum Gasteiger partial charge on any atom is 0.254 e. The van der Waals surface area contributed by atoms with Gasteiger partial charge in [-0.25, -0.2) is 0 Å². The number of allylic oxidation sites excluding steroid dienone is 2. The second-order valence-electron chi connectivity index (χ2n) is 6.37. The van der Waals surface area contributed by atoms with Gasteiger partial charge in [-0.15, -0.1) is 0 Å². The third-order valence-electron chi connectivity index (χ3n) is 5.02. The normalized spacial score (nSPS) is 29.5. The highest BCUT2D eigenvalue weighted by molar-refractivity contribution is 9.10. The number of hydrogen-bond donors (Lipinski definition) is 0. The number of fused-ring (bicyclic) bond motifs is 5. The van der Waals surface area contributed by atoms with Crippen LogP contribution in [0.25, 0.3) is 0 Å². The predicted octanol–water partition coefficient (Wildman–Crippen LogP) is 2.49. The number of nitriles is 1. The van der Waals surface area contributed by atoms with Crippen molar-refractivity contribution in [1.29, 1.82) is 5.26 Å². The molecular formula is C18H14BrN3O3. The molecule has 4 atom stereocenters. The highest BCUT2D eigenvalue weighted by atomic mass is 79.9. The topological polar surface area (TPSA) is 82.8 Å². The summed E-state index contributed by atoms with van der Waals surface area (Å²) in [5.74, 6) is 0.0208. The summed E-state index contributed by atoms with van der Waals surface area (Å²) >= 11 is 3.37. The lowest BCUT2D eigenvalue weighted by Crippen LogP contribution is -2.28. The van der Waals surface area contributed by atoms with Crippen molar-refractivity contribution in [2.24, 2.45) is 28.8 Å². The Bertz CT molecular complexity index is 828. The van der Waals surface area contributed by atoms with Crippen LogP contribution in [0.2, 0.25) is 0 Å². The van der Waals surface area contributed by atoms with Crippen molar-refractivity contribution in [3.63, 3.8) is 0 Å². The fraction of sp³-hybridized carbons (Fsp3) is 0.333. The van der Waals surface area contributed by atoms with Crippen molar-refractivity contribution in [1.82, 2.24) is 5.01 Å². The van der Waals surface area contributed by atoms with E-state index in [-0.39, 0.29) is 42.1 Å². The van der Waals surface area contributed by atoms with E-state index in [1.807, 2.05) is 6.07 Å². The number of rotatable bonds is 4. The van der Waals surface area contributed by atoms with Crippen LogP contribution in [0.4, 0.5) is 0 Å². The fourth-order valence-corrected chi connectivity index (χ4v) is 4.46. The van der Waals surface area contributed by atoms with Crippen molar-refractivity contribution in [2.45, 2.75) is 6.42 Å². The first-order chi connectivity index (χ1) is 12.1. The van der Waals surface area contributed by atoms with E-state index in [4.69, 9.17) is 10.00 Å². The Hall–Kier alpha value is -2.46. The molecule has 4 unspecified atom stereocenters. The summed E-state index contributed by atoms with van der Waals surface area (Å²) in [4.78, 5) is 25.1. The number of benzene rings is 1. The number of amides is 2. The SMILES string of the molecule is N#CCOc1ccc(C=NN2C(=O)C3C4C=CC(C4)C3C2=O)cc1Br. The summed E-state index contributed by atoms with van der Waals surface area (Å²) in [7, 11) is 0. The molecule has 126 valence electrons. The summed E-state index contributed by atoms with van der Waals surface area (Å²) in [5.41, 5.74) is 0.718. The molecule has 2 aliphatic carbocycles. The minimum Gasteiger partial charge on any atom is -0.478 e. The smallest absolute Gasteiger partial charge is 0.254 e. The Morgan fingerprint density at radius 1 is 1.28 bits per heavy atom. The minimum atomic E-state index is -0.242. The summed E-state index contributed by atoms with van der Waals surface area (Å²) in [6.45, 7) is -0.0397. The van der Waals surface area contributed by atoms with Crippen LogP contribution in [0.3, 0.4) is 0 Å². The third kappa shape index (κ3) is 2.57. The van der Waals surface area contributed by atoms with Crippen molar-refractivity contribution < 1.29 is 14.3 Å². The Labute approximate surface area is 152 Å². The van der Waals surface area contributed by atoms with Crippen LogP contribution < -0.4 is 4.74 Å². The van der Waals surface area contributed by atoms with Gasteiger partial charge in [0, 0.05) is 0 Å². The van der Waals surface area contributed by atoms with Gasteiger partial charge in [-0.1, -0.05) is 12.2 Å². The van der Waals surface area contributed by atoms with E-state index in [1.165, 1.54) is 6.21 Å². The molecule has 2 fully saturated rings. The van der Waals surface area contributed by atoms with Crippen molar-refractivity contribution in [3.05, 3.63) is 40.4 Å². The lowest BCUT2D eigenvalue weighted by Gasteiger charge is -2.13. The first-order valence-corrected chi connectivity index (χ1v) is 8.79. The molecule has 1 aromatic rings. The van der Waals surface area contributed by atoms with Crippen molar-refractivity contribution >= 4 is 34.0 Å². The van der Waals surface area contributed by atoms with Gasteiger partial charge in [0.15, 0.2) is 6.61 Å². The molecule has 0 spiro atoms. The fourth-order valence-electron chi connectivity index (χ4n) is 3.95. The average Bonchev–Trinajstić information content (AvgIpc) is 3.27. The Balaban J connectivity index is 1.51. The van der Waals surface area contributed by atoms with Gasteiger partial charge >= 0.3 is 0 Å². The highest BCUT2D eigenvalue weighted by Crippen LogP contribution is 2.52. The second kappa shape index (κ2) is 6.12. The highest BCUT2D eigenvalue weighted by Gasteiger charge is 2.59. The largest absolute Gasteiger partial charge is 0.478 e. The molecule has 1 heterocycles. The zero-order valence-electron chi connectivity index (χ0n) is 13.1. The molecule has 0 radical (unpaired) electrons. The summed E-state index contributed by atoms with van der Waals surface area (Å²) < 4.78 is 5.93. The van der Waals surface area contributed by atoms with E-state index in [9.17, 15) is 9.59 Å². The molecule has 2 amide bonds. The van der Waals surface area contributed by atoms with Crippen LogP contribution >= 0.6 is 15.9 Å². The van der Waals surface area contributed by atoms with Crippen LogP contribution in [0.1, 0.15) is 12.0 Å².